The molecular formula is C26H36N2O4. The van der Waals surface area contributed by atoms with Gasteiger partial charge in [0.2, 0.25) is 5.91 Å². The molecule has 0 N–H and O–H groups in total. The van der Waals surface area contributed by atoms with E-state index in [-0.39, 0.29) is 24.3 Å². The molecule has 1 fully saturated rings. The van der Waals surface area contributed by atoms with Crippen molar-refractivity contribution in [1.29, 1.82) is 0 Å². The van der Waals surface area contributed by atoms with Crippen LogP contribution in [0.15, 0.2) is 48.5 Å². The number of carbonyl (C=O) groups excluding carboxylic acids is 1. The lowest BCUT2D eigenvalue weighted by atomic mass is 9.88. The molecule has 6 heteroatoms. The van der Waals surface area contributed by atoms with Crippen LogP contribution in [0.25, 0.3) is 0 Å². The Balaban J connectivity index is 1.84. The van der Waals surface area contributed by atoms with E-state index in [9.17, 15) is 4.79 Å². The number of para-hydroxylation sites is 1. The highest BCUT2D eigenvalue weighted by atomic mass is 16.5. The standard InChI is InChI=1S/C26H36N2O4/c1-20-8-7-9-21(14-20)15-27-16-22(17-28(12-13-30-2)26(29)19-31-3)24(18-27)23-10-5-6-11-25(23)32-4/h5-11,14,22,24H,12-13,15-19H2,1-4H3. The highest BCUT2D eigenvalue weighted by Crippen LogP contribution is 2.38. The number of hydrogen-bond donors (Lipinski definition) is 0. The third kappa shape index (κ3) is 6.31. The molecule has 1 saturated heterocycles. The number of carbonyl (C=O) groups is 1. The van der Waals surface area contributed by atoms with Crippen LogP contribution in [0.1, 0.15) is 22.6 Å². The number of likely N-dealkylation sites (tertiary alicyclic amines) is 1. The molecule has 0 bridgehead atoms. The average Bonchev–Trinajstić information content (AvgIpc) is 3.18. The number of ether oxygens (including phenoxy) is 3. The maximum atomic E-state index is 12.7. The van der Waals surface area contributed by atoms with Gasteiger partial charge in [-0.2, -0.15) is 0 Å². The third-order valence-corrected chi connectivity index (χ3v) is 6.18. The van der Waals surface area contributed by atoms with E-state index in [2.05, 4.69) is 48.2 Å². The number of rotatable bonds is 11. The van der Waals surface area contributed by atoms with Crippen LogP contribution in [0.3, 0.4) is 0 Å². The first-order chi connectivity index (χ1) is 15.5. The molecule has 2 aromatic rings. The normalized spacial score (nSPS) is 18.6. The van der Waals surface area contributed by atoms with Gasteiger partial charge in [0.25, 0.3) is 0 Å². The molecule has 0 aliphatic carbocycles. The van der Waals surface area contributed by atoms with Gasteiger partial charge in [-0.1, -0.05) is 48.0 Å². The SMILES string of the molecule is COCCN(CC1CN(Cc2cccc(C)c2)CC1c1ccccc1OC)C(=O)COC. The van der Waals surface area contributed by atoms with Crippen molar-refractivity contribution in [2.45, 2.75) is 19.4 Å². The summed E-state index contributed by atoms with van der Waals surface area (Å²) in [6.45, 7) is 6.69. The average molecular weight is 441 g/mol. The lowest BCUT2D eigenvalue weighted by molar-refractivity contribution is -0.136. The first-order valence-corrected chi connectivity index (χ1v) is 11.2. The summed E-state index contributed by atoms with van der Waals surface area (Å²) in [4.78, 5) is 17.1. The van der Waals surface area contributed by atoms with Crippen molar-refractivity contribution in [1.82, 2.24) is 9.80 Å². The van der Waals surface area contributed by atoms with Crippen molar-refractivity contribution in [2.75, 3.05) is 60.7 Å². The van der Waals surface area contributed by atoms with Crippen LogP contribution in [0.4, 0.5) is 0 Å². The van der Waals surface area contributed by atoms with Gasteiger partial charge < -0.3 is 19.1 Å². The predicted molar refractivity (Wildman–Crippen MR) is 126 cm³/mol. The van der Waals surface area contributed by atoms with Gasteiger partial charge in [0.1, 0.15) is 12.4 Å². The summed E-state index contributed by atoms with van der Waals surface area (Å²) in [6, 6.07) is 16.9. The Morgan fingerprint density at radius 2 is 1.88 bits per heavy atom. The Hall–Kier alpha value is -2.41. The molecule has 2 aromatic carbocycles. The molecule has 6 nitrogen and oxygen atoms in total. The predicted octanol–water partition coefficient (Wildman–Crippen LogP) is 3.34. The fraction of sp³-hybridized carbons (Fsp3) is 0.500. The van der Waals surface area contributed by atoms with Gasteiger partial charge in [-0.3, -0.25) is 9.69 Å². The van der Waals surface area contributed by atoms with Crippen molar-refractivity contribution in [3.8, 4) is 5.75 Å². The number of amides is 1. The second kappa shape index (κ2) is 12.0. The van der Waals surface area contributed by atoms with Gasteiger partial charge in [-0.25, -0.2) is 0 Å². The molecule has 3 rings (SSSR count). The summed E-state index contributed by atoms with van der Waals surface area (Å²) in [5.74, 6) is 1.47. The fourth-order valence-electron chi connectivity index (χ4n) is 4.69. The van der Waals surface area contributed by atoms with E-state index in [0.29, 0.717) is 19.7 Å². The third-order valence-electron chi connectivity index (χ3n) is 6.18. The van der Waals surface area contributed by atoms with Crippen LogP contribution >= 0.6 is 0 Å². The van der Waals surface area contributed by atoms with E-state index >= 15 is 0 Å². The smallest absolute Gasteiger partial charge is 0.248 e. The number of hydrogen-bond acceptors (Lipinski definition) is 5. The molecule has 1 aliphatic rings. The molecular weight excluding hydrogens is 404 g/mol. The highest BCUT2D eigenvalue weighted by molar-refractivity contribution is 5.77. The summed E-state index contributed by atoms with van der Waals surface area (Å²) in [7, 11) is 4.94. The van der Waals surface area contributed by atoms with Gasteiger partial charge >= 0.3 is 0 Å². The largest absolute Gasteiger partial charge is 0.496 e. The number of nitrogens with zero attached hydrogens (tertiary/aromatic N) is 2. The zero-order valence-corrected chi connectivity index (χ0v) is 19.8. The van der Waals surface area contributed by atoms with Crippen LogP contribution in [0.2, 0.25) is 0 Å². The Bertz CT molecular complexity index is 872. The zero-order valence-electron chi connectivity index (χ0n) is 19.8. The van der Waals surface area contributed by atoms with Crippen LogP contribution in [-0.4, -0.2) is 76.4 Å². The Morgan fingerprint density at radius 3 is 2.59 bits per heavy atom. The van der Waals surface area contributed by atoms with E-state index in [1.165, 1.54) is 16.7 Å². The number of methoxy groups -OCH3 is 3. The molecule has 1 heterocycles. The zero-order chi connectivity index (χ0) is 22.9. The highest BCUT2D eigenvalue weighted by Gasteiger charge is 2.37. The van der Waals surface area contributed by atoms with E-state index in [1.807, 2.05) is 17.0 Å². The summed E-state index contributed by atoms with van der Waals surface area (Å²) in [6.07, 6.45) is 0. The van der Waals surface area contributed by atoms with Crippen LogP contribution in [0, 0.1) is 12.8 Å². The molecule has 174 valence electrons. The minimum atomic E-state index is 0.000427. The molecule has 1 amide bonds. The van der Waals surface area contributed by atoms with Crippen LogP contribution < -0.4 is 4.74 Å². The summed E-state index contributed by atoms with van der Waals surface area (Å²) < 4.78 is 16.1. The van der Waals surface area contributed by atoms with Crippen molar-refractivity contribution < 1.29 is 19.0 Å². The van der Waals surface area contributed by atoms with Crippen molar-refractivity contribution in [3.05, 3.63) is 65.2 Å². The molecule has 0 spiro atoms. The Labute approximate surface area is 192 Å². The Morgan fingerprint density at radius 1 is 1.06 bits per heavy atom. The summed E-state index contributed by atoms with van der Waals surface area (Å²) in [5.41, 5.74) is 3.80. The number of benzene rings is 2. The van der Waals surface area contributed by atoms with E-state index in [4.69, 9.17) is 14.2 Å². The minimum absolute atomic E-state index is 0.000427. The molecule has 2 unspecified atom stereocenters. The lowest BCUT2D eigenvalue weighted by Crippen LogP contribution is -2.41. The van der Waals surface area contributed by atoms with Gasteiger partial charge in [-0.05, 0) is 30.0 Å². The molecule has 0 saturated carbocycles. The van der Waals surface area contributed by atoms with E-state index in [0.717, 1.165) is 25.4 Å². The van der Waals surface area contributed by atoms with Gasteiger partial charge in [0, 0.05) is 52.9 Å². The monoisotopic (exact) mass is 440 g/mol. The molecule has 1 aliphatic heterocycles. The van der Waals surface area contributed by atoms with Crippen molar-refractivity contribution in [3.63, 3.8) is 0 Å². The van der Waals surface area contributed by atoms with Gasteiger partial charge in [0.15, 0.2) is 0 Å². The maximum absolute atomic E-state index is 12.7. The second-order valence-corrected chi connectivity index (χ2v) is 8.56. The maximum Gasteiger partial charge on any atom is 0.248 e. The lowest BCUT2D eigenvalue weighted by Gasteiger charge is -2.29. The van der Waals surface area contributed by atoms with Crippen molar-refractivity contribution in [2.24, 2.45) is 5.92 Å². The van der Waals surface area contributed by atoms with Crippen molar-refractivity contribution >= 4 is 5.91 Å². The summed E-state index contributed by atoms with van der Waals surface area (Å²) in [5, 5.41) is 0. The summed E-state index contributed by atoms with van der Waals surface area (Å²) >= 11 is 0. The first kappa shape index (κ1) is 24.2. The number of aryl methyl sites for hydroxylation is 1. The van der Waals surface area contributed by atoms with Gasteiger partial charge in [0.05, 0.1) is 13.7 Å². The molecule has 0 radical (unpaired) electrons. The van der Waals surface area contributed by atoms with E-state index < -0.39 is 0 Å². The van der Waals surface area contributed by atoms with Gasteiger partial charge in [-0.15, -0.1) is 0 Å². The fourth-order valence-corrected chi connectivity index (χ4v) is 4.69. The van der Waals surface area contributed by atoms with E-state index in [1.54, 1.807) is 21.3 Å². The molecule has 2 atom stereocenters. The molecule has 32 heavy (non-hydrogen) atoms. The quantitative estimate of drug-likeness (QED) is 0.536. The molecule has 0 aromatic heterocycles. The first-order valence-electron chi connectivity index (χ1n) is 11.2. The second-order valence-electron chi connectivity index (χ2n) is 8.56. The topological polar surface area (TPSA) is 51.2 Å². The van der Waals surface area contributed by atoms with Crippen LogP contribution in [0.5, 0.6) is 5.75 Å². The van der Waals surface area contributed by atoms with Crippen LogP contribution in [-0.2, 0) is 20.8 Å². The Kier molecular flexibility index (Phi) is 9.09. The minimum Gasteiger partial charge on any atom is -0.496 e.